The second kappa shape index (κ2) is 4.87. The van der Waals surface area contributed by atoms with E-state index in [0.29, 0.717) is 22.9 Å². The van der Waals surface area contributed by atoms with Crippen LogP contribution in [-0.2, 0) is 19.2 Å². The lowest BCUT2D eigenvalue weighted by molar-refractivity contribution is -0.179. The zero-order chi connectivity index (χ0) is 12.3. The molecule has 1 fully saturated rings. The Bertz CT molecular complexity index is 317. The maximum Gasteiger partial charge on any atom is 0.248 e. The van der Waals surface area contributed by atoms with Gasteiger partial charge in [-0.3, -0.25) is 19.2 Å². The van der Waals surface area contributed by atoms with E-state index >= 15 is 0 Å². The molecule has 0 aromatic heterocycles. The molecule has 0 unspecified atom stereocenters. The van der Waals surface area contributed by atoms with E-state index < -0.39 is 23.6 Å². The molecule has 1 aliphatic heterocycles. The highest BCUT2D eigenvalue weighted by molar-refractivity contribution is 6.03. The number of hydrogen-bond acceptors (Lipinski definition) is 4. The Balaban J connectivity index is 3.08. The zero-order valence-corrected chi connectivity index (χ0v) is 9.36. The molecule has 0 bridgehead atoms. The second-order valence-corrected chi connectivity index (χ2v) is 3.66. The summed E-state index contributed by atoms with van der Waals surface area (Å²) >= 11 is 0. The molecule has 1 aliphatic rings. The van der Waals surface area contributed by atoms with E-state index in [2.05, 4.69) is 0 Å². The Hall–Kier alpha value is -1.72. The van der Waals surface area contributed by atoms with Crippen molar-refractivity contribution < 1.29 is 19.2 Å². The lowest BCUT2D eigenvalue weighted by atomic mass is 10.1. The summed E-state index contributed by atoms with van der Waals surface area (Å²) in [6.07, 6.45) is 1.47. The summed E-state index contributed by atoms with van der Waals surface area (Å²) in [6.45, 7) is 2.31. The quantitative estimate of drug-likeness (QED) is 0.592. The van der Waals surface area contributed by atoms with E-state index in [-0.39, 0.29) is 12.8 Å². The van der Waals surface area contributed by atoms with E-state index in [1.54, 1.807) is 0 Å². The van der Waals surface area contributed by atoms with Crippen molar-refractivity contribution in [2.45, 2.75) is 39.5 Å². The van der Waals surface area contributed by atoms with Crippen LogP contribution in [-0.4, -0.2) is 33.6 Å². The van der Waals surface area contributed by atoms with E-state index in [0.717, 1.165) is 13.8 Å². The molecule has 6 nitrogen and oxygen atoms in total. The molecule has 0 saturated carbocycles. The number of carbonyl (C=O) groups is 4. The summed E-state index contributed by atoms with van der Waals surface area (Å²) in [6, 6.07) is 0. The fourth-order valence-electron chi connectivity index (χ4n) is 1.62. The van der Waals surface area contributed by atoms with Crippen molar-refractivity contribution in [1.29, 1.82) is 0 Å². The monoisotopic (exact) mass is 226 g/mol. The van der Waals surface area contributed by atoms with E-state index in [1.165, 1.54) is 0 Å². The largest absolute Gasteiger partial charge is 0.273 e. The standard InChI is InChI=1S/C10H14N2O4/c1-7(13)11-9(15)5-3-4-6-10(16)12(11)8(2)14/h3-6H2,1-2H3. The minimum Gasteiger partial charge on any atom is -0.273 e. The Morgan fingerprint density at radius 1 is 0.875 bits per heavy atom. The molecule has 6 heteroatoms. The molecule has 0 atom stereocenters. The number of hydrazine groups is 1. The van der Waals surface area contributed by atoms with Crippen LogP contribution in [0.2, 0.25) is 0 Å². The summed E-state index contributed by atoms with van der Waals surface area (Å²) in [5.41, 5.74) is 0. The molecule has 0 N–H and O–H groups in total. The van der Waals surface area contributed by atoms with Gasteiger partial charge < -0.3 is 0 Å². The Kier molecular flexibility index (Phi) is 3.76. The average Bonchev–Trinajstić information content (AvgIpc) is 2.16. The van der Waals surface area contributed by atoms with Gasteiger partial charge in [-0.05, 0) is 12.8 Å². The summed E-state index contributed by atoms with van der Waals surface area (Å²) in [4.78, 5) is 45.8. The first-order chi connectivity index (χ1) is 7.45. The number of imide groups is 2. The van der Waals surface area contributed by atoms with E-state index in [9.17, 15) is 19.2 Å². The number of nitrogens with zero attached hydrogens (tertiary/aromatic N) is 2. The molecule has 0 aromatic rings. The fraction of sp³-hybridized carbons (Fsp3) is 0.600. The average molecular weight is 226 g/mol. The summed E-state index contributed by atoms with van der Waals surface area (Å²) < 4.78 is 0. The van der Waals surface area contributed by atoms with Crippen molar-refractivity contribution in [1.82, 2.24) is 10.0 Å². The van der Waals surface area contributed by atoms with Crippen molar-refractivity contribution >= 4 is 23.6 Å². The minimum atomic E-state index is -0.615. The van der Waals surface area contributed by atoms with Crippen LogP contribution >= 0.6 is 0 Å². The van der Waals surface area contributed by atoms with Crippen LogP contribution in [0.1, 0.15) is 39.5 Å². The molecule has 16 heavy (non-hydrogen) atoms. The molecule has 0 spiro atoms. The topological polar surface area (TPSA) is 74.8 Å². The van der Waals surface area contributed by atoms with Gasteiger partial charge in [0.05, 0.1) is 0 Å². The lowest BCUT2D eigenvalue weighted by Crippen LogP contribution is -2.54. The molecule has 0 aromatic carbocycles. The van der Waals surface area contributed by atoms with Gasteiger partial charge >= 0.3 is 0 Å². The first-order valence-corrected chi connectivity index (χ1v) is 5.12. The van der Waals surface area contributed by atoms with Crippen molar-refractivity contribution in [3.8, 4) is 0 Å². The predicted molar refractivity (Wildman–Crippen MR) is 53.5 cm³/mol. The first-order valence-electron chi connectivity index (χ1n) is 5.12. The fourth-order valence-corrected chi connectivity index (χ4v) is 1.62. The van der Waals surface area contributed by atoms with Crippen LogP contribution in [0, 0.1) is 0 Å². The highest BCUT2D eigenvalue weighted by Crippen LogP contribution is 2.14. The predicted octanol–water partition coefficient (Wildman–Crippen LogP) is 0.226. The Morgan fingerprint density at radius 2 is 1.19 bits per heavy atom. The highest BCUT2D eigenvalue weighted by Gasteiger charge is 2.33. The van der Waals surface area contributed by atoms with E-state index in [1.807, 2.05) is 0 Å². The Labute approximate surface area is 93.2 Å². The molecule has 1 saturated heterocycles. The zero-order valence-electron chi connectivity index (χ0n) is 9.36. The van der Waals surface area contributed by atoms with Crippen LogP contribution < -0.4 is 0 Å². The third kappa shape index (κ3) is 2.44. The normalized spacial score (nSPS) is 18.1. The minimum absolute atomic E-state index is 0.177. The number of carbonyl (C=O) groups excluding carboxylic acids is 4. The second-order valence-electron chi connectivity index (χ2n) is 3.66. The Morgan fingerprint density at radius 3 is 1.44 bits per heavy atom. The van der Waals surface area contributed by atoms with Crippen LogP contribution in [0.3, 0.4) is 0 Å². The van der Waals surface area contributed by atoms with Crippen LogP contribution in [0.4, 0.5) is 0 Å². The van der Waals surface area contributed by atoms with Crippen LogP contribution in [0.15, 0.2) is 0 Å². The van der Waals surface area contributed by atoms with Gasteiger partial charge in [0.2, 0.25) is 23.6 Å². The van der Waals surface area contributed by atoms with Gasteiger partial charge in [0, 0.05) is 26.7 Å². The van der Waals surface area contributed by atoms with Crippen molar-refractivity contribution in [2.75, 3.05) is 0 Å². The highest BCUT2D eigenvalue weighted by atomic mass is 16.2. The van der Waals surface area contributed by atoms with Gasteiger partial charge in [-0.25, -0.2) is 0 Å². The molecule has 1 heterocycles. The van der Waals surface area contributed by atoms with Crippen molar-refractivity contribution in [3.63, 3.8) is 0 Å². The summed E-state index contributed by atoms with van der Waals surface area (Å²) in [7, 11) is 0. The molecule has 4 amide bonds. The first kappa shape index (κ1) is 12.4. The van der Waals surface area contributed by atoms with Crippen LogP contribution in [0.5, 0.6) is 0 Å². The van der Waals surface area contributed by atoms with Crippen molar-refractivity contribution in [3.05, 3.63) is 0 Å². The summed E-state index contributed by atoms with van der Waals surface area (Å²) in [5.74, 6) is -2.24. The maximum absolute atomic E-state index is 11.6. The maximum atomic E-state index is 11.6. The number of amides is 4. The van der Waals surface area contributed by atoms with Gasteiger partial charge in [-0.1, -0.05) is 0 Å². The summed E-state index contributed by atoms with van der Waals surface area (Å²) in [5, 5.41) is 1.29. The van der Waals surface area contributed by atoms with Crippen molar-refractivity contribution in [2.24, 2.45) is 0 Å². The van der Waals surface area contributed by atoms with Gasteiger partial charge in [0.15, 0.2) is 0 Å². The SMILES string of the molecule is CC(=O)N1C(=O)CCCCC(=O)N1C(C)=O. The third-order valence-electron chi connectivity index (χ3n) is 2.30. The van der Waals surface area contributed by atoms with E-state index in [4.69, 9.17) is 0 Å². The smallest absolute Gasteiger partial charge is 0.248 e. The van der Waals surface area contributed by atoms with Gasteiger partial charge in [0.25, 0.3) is 0 Å². The van der Waals surface area contributed by atoms with Gasteiger partial charge in [-0.2, -0.15) is 10.0 Å². The van der Waals surface area contributed by atoms with Gasteiger partial charge in [0.1, 0.15) is 0 Å². The lowest BCUT2D eigenvalue weighted by Gasteiger charge is -2.31. The molecular formula is C10H14N2O4. The molecule has 0 radical (unpaired) electrons. The molecule has 88 valence electrons. The van der Waals surface area contributed by atoms with Gasteiger partial charge in [-0.15, -0.1) is 0 Å². The number of rotatable bonds is 0. The molecular weight excluding hydrogens is 212 g/mol. The number of hydrogen-bond donors (Lipinski definition) is 0. The molecule has 0 aliphatic carbocycles. The third-order valence-corrected chi connectivity index (χ3v) is 2.30. The van der Waals surface area contributed by atoms with Crippen LogP contribution in [0.25, 0.3) is 0 Å². The molecule has 1 rings (SSSR count).